The van der Waals surface area contributed by atoms with Gasteiger partial charge >= 0.3 is 0 Å². The molecule has 1 aliphatic rings. The van der Waals surface area contributed by atoms with Gasteiger partial charge in [0, 0.05) is 36.8 Å². The smallest absolute Gasteiger partial charge is 0.229 e. The number of hydrogen-bond donors (Lipinski definition) is 1. The van der Waals surface area contributed by atoms with Crippen LogP contribution in [0.1, 0.15) is 22.3 Å². The highest BCUT2D eigenvalue weighted by Crippen LogP contribution is 2.20. The molecule has 2 aromatic carbocycles. The molecular formula is C19H18N2O3. The molecule has 0 saturated carbocycles. The van der Waals surface area contributed by atoms with Crippen LogP contribution in [0.15, 0.2) is 54.6 Å². The van der Waals surface area contributed by atoms with E-state index in [1.54, 1.807) is 48.3 Å². The summed E-state index contributed by atoms with van der Waals surface area (Å²) in [6.07, 6.45) is 0.227. The summed E-state index contributed by atoms with van der Waals surface area (Å²) in [4.78, 5) is 37.8. The Hall–Kier alpha value is -2.95. The van der Waals surface area contributed by atoms with Crippen LogP contribution in [0.3, 0.4) is 0 Å². The van der Waals surface area contributed by atoms with Gasteiger partial charge in [0.1, 0.15) is 0 Å². The zero-order chi connectivity index (χ0) is 17.1. The number of carbonyl (C=O) groups excluding carboxylic acids is 3. The standard InChI is InChI=1S/C19H18N2O3/c1-21-12-15(11-17(21)22)19(24)20-16-9-5-8-14(10-16)18(23)13-6-3-2-4-7-13/h2-10,15H,11-12H2,1H3,(H,20,24)/t15-/m0/s1. The molecule has 24 heavy (non-hydrogen) atoms. The van der Waals surface area contributed by atoms with E-state index in [2.05, 4.69) is 5.32 Å². The Balaban J connectivity index is 1.73. The first kappa shape index (κ1) is 15.9. The molecule has 0 radical (unpaired) electrons. The second-order valence-corrected chi connectivity index (χ2v) is 5.94. The minimum atomic E-state index is -0.351. The molecule has 1 heterocycles. The SMILES string of the molecule is CN1C[C@@H](C(=O)Nc2cccc(C(=O)c3ccccc3)c2)CC1=O. The number of ketones is 1. The molecule has 122 valence electrons. The van der Waals surface area contributed by atoms with Crippen LogP contribution in [0.5, 0.6) is 0 Å². The first-order valence-corrected chi connectivity index (χ1v) is 7.79. The van der Waals surface area contributed by atoms with Gasteiger partial charge in [0.05, 0.1) is 5.92 Å². The van der Waals surface area contributed by atoms with Crippen molar-refractivity contribution < 1.29 is 14.4 Å². The zero-order valence-electron chi connectivity index (χ0n) is 13.4. The second-order valence-electron chi connectivity index (χ2n) is 5.94. The van der Waals surface area contributed by atoms with Gasteiger partial charge < -0.3 is 10.2 Å². The van der Waals surface area contributed by atoms with E-state index in [-0.39, 0.29) is 29.9 Å². The second kappa shape index (κ2) is 6.66. The third-order valence-corrected chi connectivity index (χ3v) is 4.14. The highest BCUT2D eigenvalue weighted by molar-refractivity contribution is 6.09. The Morgan fingerprint density at radius 3 is 2.42 bits per heavy atom. The van der Waals surface area contributed by atoms with Crippen LogP contribution in [0.4, 0.5) is 5.69 Å². The van der Waals surface area contributed by atoms with Gasteiger partial charge in [-0.2, -0.15) is 0 Å². The number of benzene rings is 2. The van der Waals surface area contributed by atoms with Crippen molar-refractivity contribution in [3.63, 3.8) is 0 Å². The minimum absolute atomic E-state index is 0.0249. The largest absolute Gasteiger partial charge is 0.345 e. The van der Waals surface area contributed by atoms with Crippen molar-refractivity contribution in [1.29, 1.82) is 0 Å². The summed E-state index contributed by atoms with van der Waals surface area (Å²) < 4.78 is 0. The topological polar surface area (TPSA) is 66.5 Å². The normalized spacial score (nSPS) is 17.0. The molecule has 0 unspecified atom stereocenters. The Morgan fingerprint density at radius 1 is 1.04 bits per heavy atom. The van der Waals surface area contributed by atoms with Crippen LogP contribution in [-0.4, -0.2) is 36.1 Å². The summed E-state index contributed by atoms with van der Waals surface area (Å²) in [5, 5.41) is 2.80. The zero-order valence-corrected chi connectivity index (χ0v) is 13.4. The van der Waals surface area contributed by atoms with Crippen LogP contribution >= 0.6 is 0 Å². The van der Waals surface area contributed by atoms with Crippen molar-refractivity contribution in [2.24, 2.45) is 5.92 Å². The summed E-state index contributed by atoms with van der Waals surface area (Å²) >= 11 is 0. The Labute approximate surface area is 140 Å². The van der Waals surface area contributed by atoms with Gasteiger partial charge in [-0.1, -0.05) is 42.5 Å². The number of amides is 2. The van der Waals surface area contributed by atoms with E-state index in [4.69, 9.17) is 0 Å². The maximum atomic E-state index is 12.5. The van der Waals surface area contributed by atoms with Gasteiger partial charge in [0.25, 0.3) is 0 Å². The molecule has 2 aromatic rings. The van der Waals surface area contributed by atoms with E-state index in [1.807, 2.05) is 18.2 Å². The van der Waals surface area contributed by atoms with E-state index in [9.17, 15) is 14.4 Å². The molecule has 1 N–H and O–H groups in total. The lowest BCUT2D eigenvalue weighted by Crippen LogP contribution is -2.25. The number of nitrogens with one attached hydrogen (secondary N) is 1. The van der Waals surface area contributed by atoms with Crippen molar-refractivity contribution in [2.45, 2.75) is 6.42 Å². The third kappa shape index (κ3) is 3.35. The van der Waals surface area contributed by atoms with Crippen LogP contribution in [-0.2, 0) is 9.59 Å². The molecule has 1 saturated heterocycles. The van der Waals surface area contributed by atoms with Crippen molar-refractivity contribution in [2.75, 3.05) is 18.9 Å². The third-order valence-electron chi connectivity index (χ3n) is 4.14. The lowest BCUT2D eigenvalue weighted by atomic mass is 10.0. The average molecular weight is 322 g/mol. The summed E-state index contributed by atoms with van der Waals surface area (Å²) in [7, 11) is 1.69. The van der Waals surface area contributed by atoms with Crippen LogP contribution in [0, 0.1) is 5.92 Å². The molecule has 5 nitrogen and oxygen atoms in total. The van der Waals surface area contributed by atoms with E-state index in [0.29, 0.717) is 23.4 Å². The number of carbonyl (C=O) groups is 3. The monoisotopic (exact) mass is 322 g/mol. The number of anilines is 1. The van der Waals surface area contributed by atoms with Gasteiger partial charge in [0.15, 0.2) is 5.78 Å². The van der Waals surface area contributed by atoms with Crippen LogP contribution < -0.4 is 5.32 Å². The van der Waals surface area contributed by atoms with Crippen molar-refractivity contribution >= 4 is 23.3 Å². The highest BCUT2D eigenvalue weighted by Gasteiger charge is 2.32. The molecule has 1 atom stereocenters. The predicted molar refractivity (Wildman–Crippen MR) is 90.7 cm³/mol. The predicted octanol–water partition coefficient (Wildman–Crippen LogP) is 2.33. The van der Waals surface area contributed by atoms with Gasteiger partial charge in [-0.25, -0.2) is 0 Å². The van der Waals surface area contributed by atoms with Crippen molar-refractivity contribution in [1.82, 2.24) is 4.90 Å². The molecule has 0 bridgehead atoms. The number of likely N-dealkylation sites (tertiary alicyclic amines) is 1. The highest BCUT2D eigenvalue weighted by atomic mass is 16.2. The van der Waals surface area contributed by atoms with Crippen LogP contribution in [0.2, 0.25) is 0 Å². The summed E-state index contributed by atoms with van der Waals surface area (Å²) in [5.74, 6) is -0.668. The van der Waals surface area contributed by atoms with E-state index < -0.39 is 0 Å². The molecule has 0 aliphatic carbocycles. The summed E-state index contributed by atoms with van der Waals surface area (Å²) in [6, 6.07) is 15.8. The maximum Gasteiger partial charge on any atom is 0.229 e. The number of hydrogen-bond acceptors (Lipinski definition) is 3. The first-order chi connectivity index (χ1) is 11.5. The fourth-order valence-corrected chi connectivity index (χ4v) is 2.78. The van der Waals surface area contributed by atoms with Crippen molar-refractivity contribution in [3.8, 4) is 0 Å². The Bertz CT molecular complexity index is 786. The number of rotatable bonds is 4. The van der Waals surface area contributed by atoms with Crippen LogP contribution in [0.25, 0.3) is 0 Å². The first-order valence-electron chi connectivity index (χ1n) is 7.79. The molecule has 1 fully saturated rings. The lowest BCUT2D eigenvalue weighted by molar-refractivity contribution is -0.127. The average Bonchev–Trinajstić information content (AvgIpc) is 2.94. The minimum Gasteiger partial charge on any atom is -0.345 e. The fourth-order valence-electron chi connectivity index (χ4n) is 2.78. The van der Waals surface area contributed by atoms with Gasteiger partial charge in [-0.05, 0) is 12.1 Å². The van der Waals surface area contributed by atoms with E-state index >= 15 is 0 Å². The molecule has 0 spiro atoms. The molecule has 0 aromatic heterocycles. The maximum absolute atomic E-state index is 12.5. The van der Waals surface area contributed by atoms with E-state index in [0.717, 1.165) is 0 Å². The van der Waals surface area contributed by atoms with Gasteiger partial charge in [-0.15, -0.1) is 0 Å². The molecule has 2 amide bonds. The summed E-state index contributed by atoms with van der Waals surface area (Å²) in [6.45, 7) is 0.424. The van der Waals surface area contributed by atoms with Gasteiger partial charge in [-0.3, -0.25) is 14.4 Å². The molecule has 1 aliphatic heterocycles. The van der Waals surface area contributed by atoms with Crippen molar-refractivity contribution in [3.05, 3.63) is 65.7 Å². The quantitative estimate of drug-likeness (QED) is 0.879. The number of nitrogens with zero attached hydrogens (tertiary/aromatic N) is 1. The van der Waals surface area contributed by atoms with Gasteiger partial charge in [0.2, 0.25) is 11.8 Å². The lowest BCUT2D eigenvalue weighted by Gasteiger charge is -2.11. The molecular weight excluding hydrogens is 304 g/mol. The fraction of sp³-hybridized carbons (Fsp3) is 0.211. The Morgan fingerprint density at radius 2 is 1.75 bits per heavy atom. The Kier molecular flexibility index (Phi) is 4.42. The molecule has 5 heteroatoms. The summed E-state index contributed by atoms with van der Waals surface area (Å²) in [5.41, 5.74) is 1.67. The van der Waals surface area contributed by atoms with E-state index in [1.165, 1.54) is 0 Å². The molecule has 3 rings (SSSR count).